The van der Waals surface area contributed by atoms with E-state index >= 15 is 0 Å². The molecule has 114 valence electrons. The summed E-state index contributed by atoms with van der Waals surface area (Å²) >= 11 is 0. The normalized spacial score (nSPS) is 22.3. The summed E-state index contributed by atoms with van der Waals surface area (Å²) < 4.78 is 0. The van der Waals surface area contributed by atoms with Crippen LogP contribution in [0.3, 0.4) is 0 Å². The molecule has 19 heavy (non-hydrogen) atoms. The predicted octanol–water partition coefficient (Wildman–Crippen LogP) is 6.55. The van der Waals surface area contributed by atoms with Gasteiger partial charge in [0.25, 0.3) is 0 Å². The molecule has 0 saturated heterocycles. The van der Waals surface area contributed by atoms with Gasteiger partial charge in [-0.25, -0.2) is 0 Å². The van der Waals surface area contributed by atoms with Gasteiger partial charge in [-0.3, -0.25) is 0 Å². The first-order valence-corrected chi connectivity index (χ1v) is 8.99. The van der Waals surface area contributed by atoms with Gasteiger partial charge in [-0.15, -0.1) is 0 Å². The Morgan fingerprint density at radius 3 is 1.84 bits per heavy atom. The highest BCUT2D eigenvalue weighted by Gasteiger charge is 2.30. The molecule has 1 aliphatic rings. The zero-order valence-electron chi connectivity index (χ0n) is 14.4. The minimum Gasteiger partial charge on any atom is -0.0651 e. The average molecular weight is 267 g/mol. The molecule has 0 spiro atoms. The molecule has 0 aromatic heterocycles. The predicted molar refractivity (Wildman–Crippen MR) is 87.3 cm³/mol. The monoisotopic (exact) mass is 266 g/mol. The van der Waals surface area contributed by atoms with Crippen molar-refractivity contribution in [3.63, 3.8) is 0 Å². The van der Waals surface area contributed by atoms with Crippen molar-refractivity contribution in [2.24, 2.45) is 35.5 Å². The Hall–Kier alpha value is 0. The molecule has 0 amide bonds. The van der Waals surface area contributed by atoms with Crippen LogP contribution in [0.1, 0.15) is 86.5 Å². The van der Waals surface area contributed by atoms with Crippen LogP contribution in [-0.2, 0) is 0 Å². The number of rotatable bonds is 10. The standard InChI is InChI=1S/C19H38/c1-7-15(5)19(13-16(6)18-10-11-18)12-9-17(8-2)14(3)4/h14-19H,7-13H2,1-6H3. The molecule has 0 heterocycles. The molecule has 1 fully saturated rings. The summed E-state index contributed by atoms with van der Waals surface area (Å²) in [5, 5.41) is 0. The van der Waals surface area contributed by atoms with Crippen molar-refractivity contribution in [1.82, 2.24) is 0 Å². The van der Waals surface area contributed by atoms with Crippen LogP contribution in [-0.4, -0.2) is 0 Å². The minimum absolute atomic E-state index is 0.864. The summed E-state index contributed by atoms with van der Waals surface area (Å²) in [5.41, 5.74) is 0. The van der Waals surface area contributed by atoms with Gasteiger partial charge >= 0.3 is 0 Å². The van der Waals surface area contributed by atoms with Crippen molar-refractivity contribution in [1.29, 1.82) is 0 Å². The zero-order chi connectivity index (χ0) is 14.4. The number of hydrogen-bond acceptors (Lipinski definition) is 0. The Morgan fingerprint density at radius 1 is 0.842 bits per heavy atom. The van der Waals surface area contributed by atoms with Crippen LogP contribution in [0.25, 0.3) is 0 Å². The Morgan fingerprint density at radius 2 is 1.42 bits per heavy atom. The van der Waals surface area contributed by atoms with Crippen LogP contribution in [0.2, 0.25) is 0 Å². The summed E-state index contributed by atoms with van der Waals surface area (Å²) in [4.78, 5) is 0. The lowest BCUT2D eigenvalue weighted by molar-refractivity contribution is 0.222. The van der Waals surface area contributed by atoms with Crippen molar-refractivity contribution < 1.29 is 0 Å². The molecule has 0 bridgehead atoms. The topological polar surface area (TPSA) is 0 Å². The molecule has 0 radical (unpaired) electrons. The van der Waals surface area contributed by atoms with Gasteiger partial charge < -0.3 is 0 Å². The first-order chi connectivity index (χ1) is 8.99. The molecule has 1 saturated carbocycles. The average Bonchev–Trinajstić information content (AvgIpc) is 3.20. The van der Waals surface area contributed by atoms with Gasteiger partial charge in [0.2, 0.25) is 0 Å². The van der Waals surface area contributed by atoms with E-state index in [9.17, 15) is 0 Å². The van der Waals surface area contributed by atoms with E-state index in [0.29, 0.717) is 0 Å². The van der Waals surface area contributed by atoms with Crippen LogP contribution in [0.4, 0.5) is 0 Å². The van der Waals surface area contributed by atoms with Gasteiger partial charge in [0.1, 0.15) is 0 Å². The van der Waals surface area contributed by atoms with Gasteiger partial charge in [-0.2, -0.15) is 0 Å². The lowest BCUT2D eigenvalue weighted by atomic mass is 9.77. The fraction of sp³-hybridized carbons (Fsp3) is 1.00. The van der Waals surface area contributed by atoms with Crippen molar-refractivity contribution in [3.8, 4) is 0 Å². The van der Waals surface area contributed by atoms with E-state index in [0.717, 1.165) is 35.5 Å². The highest BCUT2D eigenvalue weighted by molar-refractivity contribution is 4.81. The van der Waals surface area contributed by atoms with Crippen LogP contribution in [0, 0.1) is 35.5 Å². The molecular formula is C19H38. The van der Waals surface area contributed by atoms with Crippen molar-refractivity contribution in [2.75, 3.05) is 0 Å². The fourth-order valence-corrected chi connectivity index (χ4v) is 3.74. The molecule has 1 aliphatic carbocycles. The number of hydrogen-bond donors (Lipinski definition) is 0. The van der Waals surface area contributed by atoms with E-state index in [4.69, 9.17) is 0 Å². The molecule has 0 aliphatic heterocycles. The van der Waals surface area contributed by atoms with E-state index in [2.05, 4.69) is 41.5 Å². The zero-order valence-corrected chi connectivity index (χ0v) is 14.4. The molecule has 1 rings (SSSR count). The maximum atomic E-state index is 2.51. The third-order valence-corrected chi connectivity index (χ3v) is 5.93. The summed E-state index contributed by atoms with van der Waals surface area (Å²) in [6.45, 7) is 14.5. The molecule has 4 atom stereocenters. The van der Waals surface area contributed by atoms with E-state index in [1.807, 2.05) is 0 Å². The summed E-state index contributed by atoms with van der Waals surface area (Å²) in [5.74, 6) is 5.78. The first kappa shape index (κ1) is 17.1. The highest BCUT2D eigenvalue weighted by Crippen LogP contribution is 2.42. The molecule has 0 heteroatoms. The first-order valence-electron chi connectivity index (χ1n) is 8.99. The van der Waals surface area contributed by atoms with E-state index in [1.165, 1.54) is 44.9 Å². The van der Waals surface area contributed by atoms with Crippen LogP contribution in [0.5, 0.6) is 0 Å². The molecule has 0 N–H and O–H groups in total. The highest BCUT2D eigenvalue weighted by atomic mass is 14.4. The Labute approximate surface area is 122 Å². The molecule has 0 aromatic carbocycles. The third-order valence-electron chi connectivity index (χ3n) is 5.93. The van der Waals surface area contributed by atoms with Gasteiger partial charge in [0.15, 0.2) is 0 Å². The summed E-state index contributed by atoms with van der Waals surface area (Å²) in [7, 11) is 0. The minimum atomic E-state index is 0.864. The second kappa shape index (κ2) is 8.32. The SMILES string of the molecule is CCC(C)C(CCC(CC)C(C)C)CC(C)C1CC1. The lowest BCUT2D eigenvalue weighted by Gasteiger charge is -2.29. The summed E-state index contributed by atoms with van der Waals surface area (Å²) in [6.07, 6.45) is 10.2. The molecule has 4 unspecified atom stereocenters. The van der Waals surface area contributed by atoms with E-state index in [1.54, 1.807) is 0 Å². The molecular weight excluding hydrogens is 228 g/mol. The van der Waals surface area contributed by atoms with Gasteiger partial charge in [-0.05, 0) is 67.6 Å². The van der Waals surface area contributed by atoms with Crippen LogP contribution in [0.15, 0.2) is 0 Å². The quantitative estimate of drug-likeness (QED) is 0.421. The molecule has 0 aromatic rings. The van der Waals surface area contributed by atoms with Crippen molar-refractivity contribution in [2.45, 2.75) is 86.5 Å². The fourth-order valence-electron chi connectivity index (χ4n) is 3.74. The Bertz CT molecular complexity index is 226. The van der Waals surface area contributed by atoms with Gasteiger partial charge in [0.05, 0.1) is 0 Å². The van der Waals surface area contributed by atoms with Gasteiger partial charge in [-0.1, -0.05) is 54.4 Å². The van der Waals surface area contributed by atoms with Crippen molar-refractivity contribution >= 4 is 0 Å². The second-order valence-corrected chi connectivity index (χ2v) is 7.69. The van der Waals surface area contributed by atoms with Gasteiger partial charge in [0, 0.05) is 0 Å². The van der Waals surface area contributed by atoms with Crippen LogP contribution >= 0.6 is 0 Å². The van der Waals surface area contributed by atoms with E-state index < -0.39 is 0 Å². The maximum absolute atomic E-state index is 2.51. The lowest BCUT2D eigenvalue weighted by Crippen LogP contribution is -2.18. The Balaban J connectivity index is 2.43. The smallest absolute Gasteiger partial charge is 0.0386 e. The third kappa shape index (κ3) is 5.88. The molecule has 0 nitrogen and oxygen atoms in total. The maximum Gasteiger partial charge on any atom is -0.0386 e. The Kier molecular flexibility index (Phi) is 7.47. The second-order valence-electron chi connectivity index (χ2n) is 7.69. The van der Waals surface area contributed by atoms with Crippen LogP contribution < -0.4 is 0 Å². The van der Waals surface area contributed by atoms with E-state index in [-0.39, 0.29) is 0 Å². The summed E-state index contributed by atoms with van der Waals surface area (Å²) in [6, 6.07) is 0. The van der Waals surface area contributed by atoms with Crippen molar-refractivity contribution in [3.05, 3.63) is 0 Å². The largest absolute Gasteiger partial charge is 0.0651 e.